The molecule has 158 valence electrons. The lowest BCUT2D eigenvalue weighted by Gasteiger charge is -2.51. The predicted molar refractivity (Wildman–Crippen MR) is 109 cm³/mol. The Balaban J connectivity index is 1.59. The number of aliphatic carboxylic acids is 1. The highest BCUT2D eigenvalue weighted by atomic mass is 16.5. The van der Waals surface area contributed by atoms with Crippen LogP contribution in [0, 0.1) is 5.92 Å². The summed E-state index contributed by atoms with van der Waals surface area (Å²) in [6, 6.07) is 10.5. The Morgan fingerprint density at radius 1 is 1.17 bits per heavy atom. The highest BCUT2D eigenvalue weighted by molar-refractivity contribution is 5.83. The average Bonchev–Trinajstić information content (AvgIpc) is 2.90. The quantitative estimate of drug-likeness (QED) is 0.791. The Bertz CT molecular complexity index is 755. The van der Waals surface area contributed by atoms with Crippen LogP contribution in [0.5, 0.6) is 0 Å². The van der Waals surface area contributed by atoms with Crippen LogP contribution >= 0.6 is 0 Å². The number of ether oxygens (including phenoxy) is 1. The van der Waals surface area contributed by atoms with Gasteiger partial charge in [-0.15, -0.1) is 0 Å². The second-order valence-electron chi connectivity index (χ2n) is 9.06. The van der Waals surface area contributed by atoms with Gasteiger partial charge in [-0.25, -0.2) is 4.79 Å². The van der Waals surface area contributed by atoms with Gasteiger partial charge in [0.05, 0.1) is 18.8 Å². The number of nitrogens with zero attached hydrogens (tertiary/aromatic N) is 3. The van der Waals surface area contributed by atoms with Crippen LogP contribution in [0.1, 0.15) is 31.2 Å². The van der Waals surface area contributed by atoms with Crippen molar-refractivity contribution in [1.29, 1.82) is 0 Å². The Kier molecular flexibility index (Phi) is 5.29. The zero-order chi connectivity index (χ0) is 20.6. The zero-order valence-electron chi connectivity index (χ0n) is 17.3. The standard InChI is InChI=1S/C22H31N3O4/c1-23(2)22(18-6-4-3-5-7-18)10-8-21(9-11-22)16-24(13-19(26)27)20(28)25(21)12-17-14-29-15-17/h3-7,17H,8-16H2,1-2H3,(H,26,27). The minimum absolute atomic E-state index is 0.0545. The van der Waals surface area contributed by atoms with Gasteiger partial charge < -0.3 is 19.6 Å². The molecule has 7 nitrogen and oxygen atoms in total. The highest BCUT2D eigenvalue weighted by Crippen LogP contribution is 2.49. The van der Waals surface area contributed by atoms with Crippen molar-refractivity contribution in [3.05, 3.63) is 35.9 Å². The summed E-state index contributed by atoms with van der Waals surface area (Å²) in [5.74, 6) is -0.597. The van der Waals surface area contributed by atoms with Gasteiger partial charge in [0.25, 0.3) is 0 Å². The number of rotatable bonds is 6. The van der Waals surface area contributed by atoms with E-state index in [9.17, 15) is 14.7 Å². The van der Waals surface area contributed by atoms with E-state index in [1.54, 1.807) is 0 Å². The van der Waals surface area contributed by atoms with Crippen LogP contribution in [-0.2, 0) is 15.1 Å². The molecule has 4 rings (SSSR count). The molecule has 29 heavy (non-hydrogen) atoms. The van der Waals surface area contributed by atoms with Crippen LogP contribution < -0.4 is 0 Å². The van der Waals surface area contributed by atoms with Crippen molar-refractivity contribution in [2.75, 3.05) is 46.9 Å². The lowest BCUT2D eigenvalue weighted by Crippen LogP contribution is -2.57. The van der Waals surface area contributed by atoms with E-state index >= 15 is 0 Å². The maximum atomic E-state index is 13.1. The maximum absolute atomic E-state index is 13.1. The van der Waals surface area contributed by atoms with E-state index in [-0.39, 0.29) is 23.7 Å². The van der Waals surface area contributed by atoms with Gasteiger partial charge in [-0.05, 0) is 45.3 Å². The van der Waals surface area contributed by atoms with Gasteiger partial charge in [-0.2, -0.15) is 0 Å². The molecular weight excluding hydrogens is 370 g/mol. The summed E-state index contributed by atoms with van der Waals surface area (Å²) in [6.07, 6.45) is 3.62. The van der Waals surface area contributed by atoms with Gasteiger partial charge in [0.15, 0.2) is 0 Å². The van der Waals surface area contributed by atoms with Gasteiger partial charge in [-0.3, -0.25) is 9.69 Å². The van der Waals surface area contributed by atoms with Gasteiger partial charge in [0.2, 0.25) is 0 Å². The number of urea groups is 1. The summed E-state index contributed by atoms with van der Waals surface area (Å²) in [4.78, 5) is 30.2. The normalized spacial score (nSPS) is 30.2. The zero-order valence-corrected chi connectivity index (χ0v) is 17.3. The summed E-state index contributed by atoms with van der Waals surface area (Å²) in [5, 5.41) is 9.27. The van der Waals surface area contributed by atoms with Crippen molar-refractivity contribution in [2.24, 2.45) is 5.92 Å². The summed E-state index contributed by atoms with van der Waals surface area (Å²) in [7, 11) is 4.26. The molecule has 0 atom stereocenters. The third kappa shape index (κ3) is 3.51. The monoisotopic (exact) mass is 401 g/mol. The molecule has 0 radical (unpaired) electrons. The van der Waals surface area contributed by atoms with E-state index in [0.29, 0.717) is 32.2 Å². The van der Waals surface area contributed by atoms with E-state index in [1.165, 1.54) is 10.5 Å². The van der Waals surface area contributed by atoms with Crippen molar-refractivity contribution in [3.63, 3.8) is 0 Å². The number of amides is 2. The summed E-state index contributed by atoms with van der Waals surface area (Å²) >= 11 is 0. The fraction of sp³-hybridized carbons (Fsp3) is 0.636. The second-order valence-corrected chi connectivity index (χ2v) is 9.06. The topological polar surface area (TPSA) is 73.3 Å². The van der Waals surface area contributed by atoms with E-state index < -0.39 is 5.97 Å². The molecule has 1 N–H and O–H groups in total. The van der Waals surface area contributed by atoms with Gasteiger partial charge >= 0.3 is 12.0 Å². The van der Waals surface area contributed by atoms with Crippen molar-refractivity contribution in [3.8, 4) is 0 Å². The molecule has 3 aliphatic rings. The Hall–Kier alpha value is -2.12. The lowest BCUT2D eigenvalue weighted by molar-refractivity contribution is -0.137. The molecule has 7 heteroatoms. The number of benzene rings is 1. The molecule has 0 aromatic heterocycles. The molecule has 1 aromatic rings. The predicted octanol–water partition coefficient (Wildman–Crippen LogP) is 2.22. The van der Waals surface area contributed by atoms with E-state index in [4.69, 9.17) is 4.74 Å². The number of hydrogen-bond acceptors (Lipinski definition) is 4. The van der Waals surface area contributed by atoms with Gasteiger partial charge in [0, 0.05) is 24.5 Å². The first-order valence-electron chi connectivity index (χ1n) is 10.5. The van der Waals surface area contributed by atoms with E-state index in [2.05, 4.69) is 43.3 Å². The first-order valence-corrected chi connectivity index (χ1v) is 10.5. The molecule has 1 aliphatic carbocycles. The first-order chi connectivity index (χ1) is 13.9. The Morgan fingerprint density at radius 2 is 1.83 bits per heavy atom. The van der Waals surface area contributed by atoms with Crippen LogP contribution in [0.15, 0.2) is 30.3 Å². The number of carbonyl (C=O) groups excluding carboxylic acids is 1. The molecule has 2 saturated heterocycles. The molecule has 1 saturated carbocycles. The maximum Gasteiger partial charge on any atom is 0.323 e. The Morgan fingerprint density at radius 3 is 2.34 bits per heavy atom. The van der Waals surface area contributed by atoms with Crippen molar-refractivity contribution in [1.82, 2.24) is 14.7 Å². The molecule has 1 aromatic carbocycles. The number of carbonyl (C=O) groups is 2. The molecule has 2 amide bonds. The highest BCUT2D eigenvalue weighted by Gasteiger charge is 2.55. The molecule has 3 fully saturated rings. The van der Waals surface area contributed by atoms with E-state index in [1.807, 2.05) is 11.0 Å². The van der Waals surface area contributed by atoms with Crippen LogP contribution in [-0.4, -0.2) is 84.3 Å². The molecule has 0 bridgehead atoms. The SMILES string of the molecule is CN(C)C1(c2ccccc2)CCC2(CC1)CN(CC(=O)O)C(=O)N2CC1COC1. The fourth-order valence-electron chi connectivity index (χ4n) is 5.39. The van der Waals surface area contributed by atoms with Crippen molar-refractivity contribution < 1.29 is 19.4 Å². The minimum Gasteiger partial charge on any atom is -0.480 e. The molecule has 1 spiro atoms. The summed E-state index contributed by atoms with van der Waals surface area (Å²) < 4.78 is 5.32. The van der Waals surface area contributed by atoms with Gasteiger partial charge in [0.1, 0.15) is 6.54 Å². The molecule has 2 aliphatic heterocycles. The van der Waals surface area contributed by atoms with Crippen LogP contribution in [0.4, 0.5) is 4.79 Å². The lowest BCUT2D eigenvalue weighted by atomic mass is 9.68. The van der Waals surface area contributed by atoms with Crippen LogP contribution in [0.3, 0.4) is 0 Å². The van der Waals surface area contributed by atoms with Crippen LogP contribution in [0.2, 0.25) is 0 Å². The van der Waals surface area contributed by atoms with Crippen molar-refractivity contribution in [2.45, 2.75) is 36.8 Å². The third-order valence-corrected chi connectivity index (χ3v) is 7.21. The smallest absolute Gasteiger partial charge is 0.323 e. The van der Waals surface area contributed by atoms with Crippen LogP contribution in [0.25, 0.3) is 0 Å². The number of carboxylic acids is 1. The fourth-order valence-corrected chi connectivity index (χ4v) is 5.39. The third-order valence-electron chi connectivity index (χ3n) is 7.21. The van der Waals surface area contributed by atoms with E-state index in [0.717, 1.165) is 25.7 Å². The van der Waals surface area contributed by atoms with Crippen molar-refractivity contribution >= 4 is 12.0 Å². The van der Waals surface area contributed by atoms with Gasteiger partial charge in [-0.1, -0.05) is 30.3 Å². The Labute approximate surface area is 172 Å². The summed E-state index contributed by atoms with van der Waals surface area (Å²) in [6.45, 7) is 2.31. The minimum atomic E-state index is -0.954. The first kappa shape index (κ1) is 20.2. The number of hydrogen-bond donors (Lipinski definition) is 1. The molecule has 0 unspecified atom stereocenters. The summed E-state index contributed by atoms with van der Waals surface area (Å²) in [5.41, 5.74) is 0.975. The molecular formula is C22H31N3O4. The number of carboxylic acid groups (broad SMARTS) is 1. The molecule has 2 heterocycles. The second kappa shape index (κ2) is 7.61. The average molecular weight is 402 g/mol. The largest absolute Gasteiger partial charge is 0.480 e.